The van der Waals surface area contributed by atoms with Crippen LogP contribution in [0.1, 0.15) is 43.5 Å². The minimum absolute atomic E-state index is 0.104. The highest BCUT2D eigenvalue weighted by molar-refractivity contribution is 7.10. The fourth-order valence-corrected chi connectivity index (χ4v) is 3.73. The SMILES string of the molecule is CCC(c1cccs1)N1CCC(OCCC(=O)O)CC1. The molecule has 1 fully saturated rings. The first-order valence-electron chi connectivity index (χ1n) is 7.31. The number of thiophene rings is 1. The number of rotatable bonds is 7. The molecule has 0 saturated carbocycles. The number of carboxylic acids is 1. The second kappa shape index (κ2) is 7.76. The molecule has 2 rings (SSSR count). The zero-order chi connectivity index (χ0) is 14.4. The Kier molecular flexibility index (Phi) is 6.01. The van der Waals surface area contributed by atoms with Gasteiger partial charge in [-0.15, -0.1) is 11.3 Å². The predicted octanol–water partition coefficient (Wildman–Crippen LogP) is 3.15. The first-order valence-corrected chi connectivity index (χ1v) is 8.19. The molecule has 0 aromatic carbocycles. The zero-order valence-electron chi connectivity index (χ0n) is 12.0. The van der Waals surface area contributed by atoms with Crippen LogP contribution in [0.15, 0.2) is 17.5 Å². The summed E-state index contributed by atoms with van der Waals surface area (Å²) in [5.74, 6) is -0.786. The van der Waals surface area contributed by atoms with Gasteiger partial charge in [-0.3, -0.25) is 9.69 Å². The summed E-state index contributed by atoms with van der Waals surface area (Å²) < 4.78 is 5.64. The van der Waals surface area contributed by atoms with E-state index in [1.54, 1.807) is 0 Å². The average Bonchev–Trinajstić information content (AvgIpc) is 2.95. The Bertz CT molecular complexity index is 399. The molecule has 1 aromatic rings. The molecule has 1 atom stereocenters. The van der Waals surface area contributed by atoms with Crippen LogP contribution in [0.3, 0.4) is 0 Å². The van der Waals surface area contributed by atoms with E-state index in [9.17, 15) is 4.79 Å². The van der Waals surface area contributed by atoms with Gasteiger partial charge in [-0.05, 0) is 30.7 Å². The third kappa shape index (κ3) is 4.30. The molecular weight excluding hydrogens is 274 g/mol. The quantitative estimate of drug-likeness (QED) is 0.840. The second-order valence-electron chi connectivity index (χ2n) is 5.19. The van der Waals surface area contributed by atoms with Crippen molar-refractivity contribution in [1.82, 2.24) is 4.90 Å². The Morgan fingerprint density at radius 1 is 1.55 bits per heavy atom. The van der Waals surface area contributed by atoms with Crippen molar-refractivity contribution in [2.45, 2.75) is 44.8 Å². The Morgan fingerprint density at radius 2 is 2.30 bits per heavy atom. The number of carboxylic acid groups (broad SMARTS) is 1. The topological polar surface area (TPSA) is 49.8 Å². The molecule has 1 N–H and O–H groups in total. The lowest BCUT2D eigenvalue weighted by molar-refractivity contribution is -0.138. The van der Waals surface area contributed by atoms with Gasteiger partial charge < -0.3 is 9.84 Å². The van der Waals surface area contributed by atoms with Gasteiger partial charge in [0, 0.05) is 24.0 Å². The highest BCUT2D eigenvalue weighted by Crippen LogP contribution is 2.30. The standard InChI is InChI=1S/C15H23NO3S/c1-2-13(14-4-3-11-20-14)16-8-5-12(6-9-16)19-10-7-15(17)18/h3-4,11-13H,2,5-10H2,1H3,(H,17,18). The molecule has 0 bridgehead atoms. The van der Waals surface area contributed by atoms with Crippen LogP contribution in [0, 0.1) is 0 Å². The summed E-state index contributed by atoms with van der Waals surface area (Å²) in [6.45, 7) is 4.64. The maximum absolute atomic E-state index is 10.5. The van der Waals surface area contributed by atoms with E-state index in [0.29, 0.717) is 12.6 Å². The van der Waals surface area contributed by atoms with Gasteiger partial charge in [0.05, 0.1) is 19.1 Å². The van der Waals surface area contributed by atoms with Crippen LogP contribution >= 0.6 is 11.3 Å². The minimum atomic E-state index is -0.786. The highest BCUT2D eigenvalue weighted by atomic mass is 32.1. The summed E-state index contributed by atoms with van der Waals surface area (Å²) in [5, 5.41) is 10.7. The summed E-state index contributed by atoms with van der Waals surface area (Å²) in [5.41, 5.74) is 0. The molecule has 1 unspecified atom stereocenters. The van der Waals surface area contributed by atoms with Crippen LogP contribution in [0.4, 0.5) is 0 Å². The minimum Gasteiger partial charge on any atom is -0.481 e. The Morgan fingerprint density at radius 3 is 2.85 bits per heavy atom. The zero-order valence-corrected chi connectivity index (χ0v) is 12.8. The largest absolute Gasteiger partial charge is 0.481 e. The fraction of sp³-hybridized carbons (Fsp3) is 0.667. The highest BCUT2D eigenvalue weighted by Gasteiger charge is 2.25. The van der Waals surface area contributed by atoms with E-state index < -0.39 is 5.97 Å². The van der Waals surface area contributed by atoms with Gasteiger partial charge in [-0.1, -0.05) is 13.0 Å². The first-order chi connectivity index (χ1) is 9.70. The number of likely N-dealkylation sites (tertiary alicyclic amines) is 1. The Labute approximate surface area is 124 Å². The van der Waals surface area contributed by atoms with Gasteiger partial charge in [-0.25, -0.2) is 0 Å². The number of hydrogen-bond donors (Lipinski definition) is 1. The van der Waals surface area contributed by atoms with Crippen LogP contribution in [-0.4, -0.2) is 41.8 Å². The van der Waals surface area contributed by atoms with Gasteiger partial charge in [0.1, 0.15) is 0 Å². The van der Waals surface area contributed by atoms with E-state index in [4.69, 9.17) is 9.84 Å². The average molecular weight is 297 g/mol. The van der Waals surface area contributed by atoms with Crippen LogP contribution < -0.4 is 0 Å². The molecule has 0 spiro atoms. The molecule has 0 aliphatic carbocycles. The number of aliphatic carboxylic acids is 1. The maximum Gasteiger partial charge on any atom is 0.305 e. The normalized spacial score (nSPS) is 19.1. The van der Waals surface area contributed by atoms with Crippen LogP contribution in [-0.2, 0) is 9.53 Å². The summed E-state index contributed by atoms with van der Waals surface area (Å²) in [7, 11) is 0. The van der Waals surface area contributed by atoms with Crippen molar-refractivity contribution in [3.05, 3.63) is 22.4 Å². The number of carbonyl (C=O) groups is 1. The van der Waals surface area contributed by atoms with E-state index >= 15 is 0 Å². The lowest BCUT2D eigenvalue weighted by Gasteiger charge is -2.36. The van der Waals surface area contributed by atoms with Gasteiger partial charge in [0.25, 0.3) is 0 Å². The van der Waals surface area contributed by atoms with Crippen molar-refractivity contribution < 1.29 is 14.6 Å². The Hall–Kier alpha value is -0.910. The Balaban J connectivity index is 1.77. The monoisotopic (exact) mass is 297 g/mol. The number of ether oxygens (including phenoxy) is 1. The molecule has 20 heavy (non-hydrogen) atoms. The molecular formula is C15H23NO3S. The smallest absolute Gasteiger partial charge is 0.305 e. The summed E-state index contributed by atoms with van der Waals surface area (Å²) in [4.78, 5) is 14.4. The van der Waals surface area contributed by atoms with Crippen molar-refractivity contribution in [3.8, 4) is 0 Å². The number of piperidine rings is 1. The van der Waals surface area contributed by atoms with E-state index in [0.717, 1.165) is 32.4 Å². The first kappa shape index (κ1) is 15.5. The van der Waals surface area contributed by atoms with E-state index in [1.807, 2.05) is 11.3 Å². The lowest BCUT2D eigenvalue weighted by atomic mass is 10.0. The molecule has 2 heterocycles. The number of hydrogen-bond acceptors (Lipinski definition) is 4. The molecule has 1 aliphatic heterocycles. The van der Waals surface area contributed by atoms with Gasteiger partial charge >= 0.3 is 5.97 Å². The van der Waals surface area contributed by atoms with Crippen molar-refractivity contribution in [3.63, 3.8) is 0 Å². The van der Waals surface area contributed by atoms with Crippen molar-refractivity contribution in [2.24, 2.45) is 0 Å². The third-order valence-electron chi connectivity index (χ3n) is 3.85. The van der Waals surface area contributed by atoms with Crippen molar-refractivity contribution in [2.75, 3.05) is 19.7 Å². The maximum atomic E-state index is 10.5. The lowest BCUT2D eigenvalue weighted by Crippen LogP contribution is -2.39. The van der Waals surface area contributed by atoms with Crippen LogP contribution in [0.25, 0.3) is 0 Å². The summed E-state index contributed by atoms with van der Waals surface area (Å²) >= 11 is 1.83. The molecule has 0 amide bonds. The molecule has 5 heteroatoms. The molecule has 1 saturated heterocycles. The van der Waals surface area contributed by atoms with E-state index in [-0.39, 0.29) is 12.5 Å². The predicted molar refractivity (Wildman–Crippen MR) is 80.2 cm³/mol. The fourth-order valence-electron chi connectivity index (χ4n) is 2.79. The number of nitrogens with zero attached hydrogens (tertiary/aromatic N) is 1. The summed E-state index contributed by atoms with van der Waals surface area (Å²) in [6, 6.07) is 4.86. The molecule has 0 radical (unpaired) electrons. The second-order valence-corrected chi connectivity index (χ2v) is 6.17. The van der Waals surface area contributed by atoms with E-state index in [1.165, 1.54) is 4.88 Å². The van der Waals surface area contributed by atoms with Crippen molar-refractivity contribution in [1.29, 1.82) is 0 Å². The van der Waals surface area contributed by atoms with E-state index in [2.05, 4.69) is 29.3 Å². The van der Waals surface area contributed by atoms with Gasteiger partial charge in [0.15, 0.2) is 0 Å². The summed E-state index contributed by atoms with van der Waals surface area (Å²) in [6.07, 6.45) is 3.47. The molecule has 1 aromatic heterocycles. The van der Waals surface area contributed by atoms with Gasteiger partial charge in [0.2, 0.25) is 0 Å². The van der Waals surface area contributed by atoms with Crippen molar-refractivity contribution >= 4 is 17.3 Å². The van der Waals surface area contributed by atoms with Crippen LogP contribution in [0.2, 0.25) is 0 Å². The van der Waals surface area contributed by atoms with Gasteiger partial charge in [-0.2, -0.15) is 0 Å². The third-order valence-corrected chi connectivity index (χ3v) is 4.82. The molecule has 1 aliphatic rings. The molecule has 112 valence electrons. The molecule has 4 nitrogen and oxygen atoms in total. The van der Waals surface area contributed by atoms with Crippen LogP contribution in [0.5, 0.6) is 0 Å².